The fourth-order valence-electron chi connectivity index (χ4n) is 9.90. The predicted octanol–water partition coefficient (Wildman–Crippen LogP) is 16.1. The van der Waals surface area contributed by atoms with Crippen LogP contribution in [-0.2, 0) is 0 Å². The molecule has 0 aliphatic heterocycles. The van der Waals surface area contributed by atoms with E-state index in [4.69, 9.17) is 4.42 Å². The summed E-state index contributed by atoms with van der Waals surface area (Å²) in [5, 5.41) is 9.57. The first-order valence-electron chi connectivity index (χ1n) is 21.2. The Morgan fingerprint density at radius 3 is 1.69 bits per heavy atom. The summed E-state index contributed by atoms with van der Waals surface area (Å²) in [6.07, 6.45) is 0. The molecule has 4 nitrogen and oxygen atoms in total. The van der Waals surface area contributed by atoms with Crippen molar-refractivity contribution in [2.75, 3.05) is 4.90 Å². The van der Waals surface area contributed by atoms with Gasteiger partial charge >= 0.3 is 0 Å². The van der Waals surface area contributed by atoms with Crippen molar-refractivity contribution in [3.8, 4) is 22.5 Å². The predicted molar refractivity (Wildman–Crippen MR) is 260 cm³/mol. The van der Waals surface area contributed by atoms with Crippen LogP contribution < -0.4 is 4.90 Å². The fourth-order valence-corrected chi connectivity index (χ4v) is 9.90. The second-order valence-electron chi connectivity index (χ2n) is 16.1. The Labute approximate surface area is 357 Å². The summed E-state index contributed by atoms with van der Waals surface area (Å²) in [4.78, 5) is 2.38. The van der Waals surface area contributed by atoms with Gasteiger partial charge in [0.2, 0.25) is 0 Å². The molecule has 0 bridgehead atoms. The van der Waals surface area contributed by atoms with Gasteiger partial charge in [-0.3, -0.25) is 0 Å². The van der Waals surface area contributed by atoms with Gasteiger partial charge in [-0.1, -0.05) is 121 Å². The minimum atomic E-state index is 0.908. The number of rotatable bonds is 6. The molecule has 290 valence electrons. The van der Waals surface area contributed by atoms with E-state index in [0.29, 0.717) is 0 Å². The van der Waals surface area contributed by atoms with Gasteiger partial charge in [-0.15, -0.1) is 0 Å². The monoisotopic (exact) mass is 791 g/mol. The molecule has 4 heteroatoms. The molecule has 0 radical (unpaired) electrons. The molecule has 3 aromatic heterocycles. The highest BCUT2D eigenvalue weighted by atomic mass is 16.3. The van der Waals surface area contributed by atoms with Crippen molar-refractivity contribution >= 4 is 93.4 Å². The zero-order valence-corrected chi connectivity index (χ0v) is 33.6. The van der Waals surface area contributed by atoms with Crippen LogP contribution in [0, 0.1) is 0 Å². The lowest BCUT2D eigenvalue weighted by Gasteiger charge is -2.26. The zero-order chi connectivity index (χ0) is 40.7. The fraction of sp³-hybridized carbons (Fsp3) is 0. The Bertz CT molecular complexity index is 3860. The number of hydrogen-bond acceptors (Lipinski definition) is 2. The maximum Gasteiger partial charge on any atom is 0.136 e. The number of para-hydroxylation sites is 5. The van der Waals surface area contributed by atoms with E-state index in [-0.39, 0.29) is 0 Å². The lowest BCUT2D eigenvalue weighted by Crippen LogP contribution is -2.10. The van der Waals surface area contributed by atoms with Gasteiger partial charge in [0.25, 0.3) is 0 Å². The first-order valence-corrected chi connectivity index (χ1v) is 21.2. The lowest BCUT2D eigenvalue weighted by atomic mass is 9.99. The number of anilines is 3. The molecular weight excluding hydrogens is 755 g/mol. The molecule has 0 aliphatic carbocycles. The van der Waals surface area contributed by atoms with Gasteiger partial charge in [0, 0.05) is 60.8 Å². The van der Waals surface area contributed by atoms with Crippen LogP contribution in [0.1, 0.15) is 0 Å². The van der Waals surface area contributed by atoms with Crippen molar-refractivity contribution in [2.24, 2.45) is 0 Å². The van der Waals surface area contributed by atoms with Gasteiger partial charge in [0.05, 0.1) is 22.1 Å². The van der Waals surface area contributed by atoms with E-state index in [1.54, 1.807) is 0 Å². The molecule has 13 aromatic rings. The highest BCUT2D eigenvalue weighted by molar-refractivity contribution is 6.23. The molecule has 0 saturated heterocycles. The third-order valence-corrected chi connectivity index (χ3v) is 12.6. The molecule has 0 spiro atoms. The average Bonchev–Trinajstić information content (AvgIpc) is 3.99. The van der Waals surface area contributed by atoms with E-state index in [9.17, 15) is 0 Å². The van der Waals surface area contributed by atoms with E-state index in [0.717, 1.165) is 61.5 Å². The lowest BCUT2D eigenvalue weighted by molar-refractivity contribution is 0.669. The number of furan rings is 1. The summed E-state index contributed by atoms with van der Waals surface area (Å²) >= 11 is 0. The molecule has 13 rings (SSSR count). The van der Waals surface area contributed by atoms with E-state index in [1.807, 2.05) is 6.07 Å². The third-order valence-electron chi connectivity index (χ3n) is 12.6. The highest BCUT2D eigenvalue weighted by Crippen LogP contribution is 2.43. The van der Waals surface area contributed by atoms with E-state index < -0.39 is 0 Å². The Kier molecular flexibility index (Phi) is 7.57. The van der Waals surface area contributed by atoms with Gasteiger partial charge in [0.15, 0.2) is 0 Å². The highest BCUT2D eigenvalue weighted by Gasteiger charge is 2.20. The second kappa shape index (κ2) is 13.6. The van der Waals surface area contributed by atoms with Crippen LogP contribution >= 0.6 is 0 Å². The molecule has 3 heterocycles. The largest absolute Gasteiger partial charge is 0.456 e. The summed E-state index contributed by atoms with van der Waals surface area (Å²) in [7, 11) is 0. The molecule has 0 saturated carbocycles. The van der Waals surface area contributed by atoms with Gasteiger partial charge in [0.1, 0.15) is 11.2 Å². The smallest absolute Gasteiger partial charge is 0.136 e. The normalized spacial score (nSPS) is 11.9. The number of nitrogens with zero attached hydrogens (tertiary/aromatic N) is 3. The van der Waals surface area contributed by atoms with Crippen molar-refractivity contribution in [1.29, 1.82) is 0 Å². The summed E-state index contributed by atoms with van der Waals surface area (Å²) in [6.45, 7) is 0. The van der Waals surface area contributed by atoms with Crippen molar-refractivity contribution in [2.45, 2.75) is 0 Å². The number of fused-ring (bicyclic) bond motifs is 11. The average molecular weight is 792 g/mol. The second-order valence-corrected chi connectivity index (χ2v) is 16.1. The molecular formula is C58H37N3O. The standard InChI is InChI=1S/C58H37N3O/c1-4-16-41(17-5-1)59(45-29-30-47-46-23-10-12-25-52(46)60(55(47)36-45)42-18-6-2-7-19-42)44-22-14-15-38(33-44)39-27-31-53-50(34-39)51-37-49-40(35-54(51)61(53)43-20-8-3-9-21-43)28-32-57-58(49)48-24-11-13-26-56(48)62-57/h1-37H. The topological polar surface area (TPSA) is 26.2 Å². The van der Waals surface area contributed by atoms with Crippen molar-refractivity contribution in [3.63, 3.8) is 0 Å². The van der Waals surface area contributed by atoms with E-state index in [1.165, 1.54) is 54.4 Å². The van der Waals surface area contributed by atoms with Gasteiger partial charge in [-0.05, 0) is 125 Å². The summed E-state index contributed by atoms with van der Waals surface area (Å²) in [6, 6.07) is 81.0. The molecule has 0 fully saturated rings. The first kappa shape index (κ1) is 34.5. The molecule has 0 amide bonds. The number of hydrogen-bond donors (Lipinski definition) is 0. The van der Waals surface area contributed by atoms with Crippen LogP contribution in [0.4, 0.5) is 17.1 Å². The van der Waals surface area contributed by atoms with Crippen molar-refractivity contribution < 1.29 is 4.42 Å². The number of aromatic nitrogens is 2. The number of benzene rings is 10. The minimum absolute atomic E-state index is 0.908. The van der Waals surface area contributed by atoms with Crippen LogP contribution in [0.5, 0.6) is 0 Å². The summed E-state index contributed by atoms with van der Waals surface area (Å²) in [5.74, 6) is 0. The third kappa shape index (κ3) is 5.27. The summed E-state index contributed by atoms with van der Waals surface area (Å²) in [5.41, 5.74) is 14.4. The van der Waals surface area contributed by atoms with Crippen LogP contribution in [-0.4, -0.2) is 9.13 Å². The SMILES string of the molecule is c1ccc(N(c2cccc(-c3ccc4c(c3)c3cc5c(ccc6oc7ccccc7c65)cc3n4-c3ccccc3)c2)c2ccc3c4ccccc4n(-c4ccccc4)c3c2)cc1. The summed E-state index contributed by atoms with van der Waals surface area (Å²) < 4.78 is 11.2. The molecule has 0 N–H and O–H groups in total. The van der Waals surface area contributed by atoms with Crippen LogP contribution in [0.25, 0.3) is 98.8 Å². The van der Waals surface area contributed by atoms with Crippen molar-refractivity contribution in [3.05, 3.63) is 224 Å². The molecule has 0 aliphatic rings. The van der Waals surface area contributed by atoms with Crippen LogP contribution in [0.15, 0.2) is 229 Å². The Hall–Kier alpha value is -8.34. The maximum atomic E-state index is 6.36. The molecule has 62 heavy (non-hydrogen) atoms. The molecule has 0 unspecified atom stereocenters. The zero-order valence-electron chi connectivity index (χ0n) is 33.6. The minimum Gasteiger partial charge on any atom is -0.456 e. The first-order chi connectivity index (χ1) is 30.7. The molecule has 10 aromatic carbocycles. The van der Waals surface area contributed by atoms with E-state index in [2.05, 4.69) is 232 Å². The Morgan fingerprint density at radius 2 is 0.903 bits per heavy atom. The van der Waals surface area contributed by atoms with Gasteiger partial charge < -0.3 is 18.5 Å². The van der Waals surface area contributed by atoms with Crippen LogP contribution in [0.3, 0.4) is 0 Å². The maximum absolute atomic E-state index is 6.36. The van der Waals surface area contributed by atoms with Crippen LogP contribution in [0.2, 0.25) is 0 Å². The van der Waals surface area contributed by atoms with Crippen molar-refractivity contribution in [1.82, 2.24) is 9.13 Å². The Morgan fingerprint density at radius 1 is 0.306 bits per heavy atom. The Balaban J connectivity index is 1.01. The van der Waals surface area contributed by atoms with E-state index >= 15 is 0 Å². The van der Waals surface area contributed by atoms with Gasteiger partial charge in [-0.2, -0.15) is 0 Å². The van der Waals surface area contributed by atoms with Gasteiger partial charge in [-0.25, -0.2) is 0 Å². The quantitative estimate of drug-likeness (QED) is 0.168. The molecule has 0 atom stereocenters.